The molecule has 3 aromatic carbocycles. The Morgan fingerprint density at radius 1 is 0.576 bits per heavy atom. The lowest BCUT2D eigenvalue weighted by Crippen LogP contribution is -2.61. The van der Waals surface area contributed by atoms with Crippen LogP contribution in [0.3, 0.4) is 0 Å². The van der Waals surface area contributed by atoms with Crippen LogP contribution in [0.4, 0.5) is 0 Å². The van der Waals surface area contributed by atoms with E-state index in [-0.39, 0.29) is 13.2 Å². The fourth-order valence-electron chi connectivity index (χ4n) is 3.91. The van der Waals surface area contributed by atoms with E-state index >= 15 is 0 Å². The summed E-state index contributed by atoms with van der Waals surface area (Å²) in [5, 5.41) is 20.7. The molecule has 0 radical (unpaired) electrons. The molecule has 6 heteroatoms. The first-order chi connectivity index (χ1) is 16.2. The molecule has 4 rings (SSSR count). The second kappa shape index (κ2) is 12.0. The number of aliphatic hydroxyl groups excluding tert-OH is 2. The Hall–Kier alpha value is -2.58. The molecule has 0 spiro atoms. The van der Waals surface area contributed by atoms with Crippen molar-refractivity contribution in [2.75, 3.05) is 6.61 Å². The van der Waals surface area contributed by atoms with Crippen LogP contribution in [0.25, 0.3) is 0 Å². The molecule has 0 saturated carbocycles. The van der Waals surface area contributed by atoms with E-state index < -0.39 is 30.7 Å². The Morgan fingerprint density at radius 3 is 1.39 bits per heavy atom. The maximum Gasteiger partial charge on any atom is 0.184 e. The van der Waals surface area contributed by atoms with Crippen molar-refractivity contribution >= 4 is 0 Å². The zero-order chi connectivity index (χ0) is 22.9. The summed E-state index contributed by atoms with van der Waals surface area (Å²) in [7, 11) is 0. The van der Waals surface area contributed by atoms with Crippen LogP contribution in [0.2, 0.25) is 0 Å². The highest BCUT2D eigenvalue weighted by Crippen LogP contribution is 2.29. The van der Waals surface area contributed by atoms with Crippen molar-refractivity contribution in [3.63, 3.8) is 0 Å². The van der Waals surface area contributed by atoms with E-state index in [1.807, 2.05) is 91.0 Å². The minimum Gasteiger partial charge on any atom is -0.394 e. The fourth-order valence-corrected chi connectivity index (χ4v) is 3.91. The molecule has 0 bridgehead atoms. The van der Waals surface area contributed by atoms with Crippen LogP contribution in [0.5, 0.6) is 0 Å². The average Bonchev–Trinajstić information content (AvgIpc) is 2.87. The summed E-state index contributed by atoms with van der Waals surface area (Å²) in [4.78, 5) is 0. The number of hydrogen-bond acceptors (Lipinski definition) is 6. The Kier molecular flexibility index (Phi) is 8.60. The number of ether oxygens (including phenoxy) is 4. The average molecular weight is 451 g/mol. The van der Waals surface area contributed by atoms with E-state index in [4.69, 9.17) is 18.9 Å². The molecule has 0 amide bonds. The third-order valence-electron chi connectivity index (χ3n) is 5.65. The van der Waals surface area contributed by atoms with Crippen LogP contribution in [-0.2, 0) is 38.8 Å². The standard InChI is InChI=1S/C27H30O6/c28-16-23-24(30-17-20-10-4-1-5-11-20)25(31-18-21-12-6-2-7-13-21)26(27(29)33-23)32-19-22-14-8-3-9-15-22/h1-15,23-29H,16-19H2/t23-,24-,25?,26?,27?/m1/s1. The molecule has 174 valence electrons. The molecule has 2 N–H and O–H groups in total. The van der Waals surface area contributed by atoms with Gasteiger partial charge in [0.1, 0.15) is 24.4 Å². The zero-order valence-electron chi connectivity index (χ0n) is 18.4. The van der Waals surface area contributed by atoms with Crippen molar-refractivity contribution in [1.29, 1.82) is 0 Å². The van der Waals surface area contributed by atoms with Gasteiger partial charge in [0.25, 0.3) is 0 Å². The van der Waals surface area contributed by atoms with Crippen LogP contribution in [0.15, 0.2) is 91.0 Å². The van der Waals surface area contributed by atoms with E-state index in [9.17, 15) is 10.2 Å². The molecule has 1 fully saturated rings. The summed E-state index contributed by atoms with van der Waals surface area (Å²) < 4.78 is 24.3. The maximum atomic E-state index is 10.7. The third kappa shape index (κ3) is 6.48. The predicted molar refractivity (Wildman–Crippen MR) is 123 cm³/mol. The highest BCUT2D eigenvalue weighted by molar-refractivity contribution is 5.15. The molecule has 1 heterocycles. The Balaban J connectivity index is 1.53. The van der Waals surface area contributed by atoms with Crippen molar-refractivity contribution in [3.05, 3.63) is 108 Å². The smallest absolute Gasteiger partial charge is 0.184 e. The Labute approximate surface area is 194 Å². The molecule has 0 aromatic heterocycles. The largest absolute Gasteiger partial charge is 0.394 e. The fraction of sp³-hybridized carbons (Fsp3) is 0.333. The number of benzene rings is 3. The van der Waals surface area contributed by atoms with Crippen LogP contribution in [0.1, 0.15) is 16.7 Å². The molecule has 5 atom stereocenters. The number of rotatable bonds is 10. The number of aliphatic hydroxyl groups is 2. The Morgan fingerprint density at radius 2 is 0.970 bits per heavy atom. The molecular formula is C27H30O6. The molecule has 33 heavy (non-hydrogen) atoms. The van der Waals surface area contributed by atoms with Gasteiger partial charge in [0.2, 0.25) is 0 Å². The van der Waals surface area contributed by atoms with E-state index in [0.29, 0.717) is 13.2 Å². The maximum absolute atomic E-state index is 10.7. The summed E-state index contributed by atoms with van der Waals surface area (Å²) in [5.41, 5.74) is 2.95. The van der Waals surface area contributed by atoms with Gasteiger partial charge in [-0.1, -0.05) is 91.0 Å². The highest BCUT2D eigenvalue weighted by atomic mass is 16.7. The van der Waals surface area contributed by atoms with Gasteiger partial charge in [-0.25, -0.2) is 0 Å². The molecule has 1 aliphatic heterocycles. The summed E-state index contributed by atoms with van der Waals surface area (Å²) in [6.45, 7) is 0.601. The molecular weight excluding hydrogens is 420 g/mol. The third-order valence-corrected chi connectivity index (χ3v) is 5.65. The number of hydrogen-bond donors (Lipinski definition) is 2. The van der Waals surface area contributed by atoms with Crippen molar-refractivity contribution < 1.29 is 29.2 Å². The van der Waals surface area contributed by atoms with Gasteiger partial charge < -0.3 is 29.2 Å². The lowest BCUT2D eigenvalue weighted by atomic mass is 9.98. The second-order valence-corrected chi connectivity index (χ2v) is 8.03. The van der Waals surface area contributed by atoms with Crippen LogP contribution in [-0.4, -0.2) is 47.5 Å². The van der Waals surface area contributed by atoms with Gasteiger partial charge in [-0.15, -0.1) is 0 Å². The molecule has 1 saturated heterocycles. The van der Waals surface area contributed by atoms with E-state index in [2.05, 4.69) is 0 Å². The monoisotopic (exact) mass is 450 g/mol. The van der Waals surface area contributed by atoms with Gasteiger partial charge in [-0.05, 0) is 16.7 Å². The summed E-state index contributed by atoms with van der Waals surface area (Å²) in [5.74, 6) is 0. The van der Waals surface area contributed by atoms with Crippen LogP contribution < -0.4 is 0 Å². The van der Waals surface area contributed by atoms with Crippen LogP contribution >= 0.6 is 0 Å². The van der Waals surface area contributed by atoms with E-state index in [1.165, 1.54) is 0 Å². The van der Waals surface area contributed by atoms with Gasteiger partial charge >= 0.3 is 0 Å². The second-order valence-electron chi connectivity index (χ2n) is 8.03. The topological polar surface area (TPSA) is 77.4 Å². The van der Waals surface area contributed by atoms with Crippen molar-refractivity contribution in [1.82, 2.24) is 0 Å². The first-order valence-corrected chi connectivity index (χ1v) is 11.2. The zero-order valence-corrected chi connectivity index (χ0v) is 18.4. The van der Waals surface area contributed by atoms with Gasteiger partial charge in [0, 0.05) is 0 Å². The molecule has 1 aliphatic rings. The first-order valence-electron chi connectivity index (χ1n) is 11.2. The normalized spacial score (nSPS) is 25.1. The lowest BCUT2D eigenvalue weighted by Gasteiger charge is -2.44. The van der Waals surface area contributed by atoms with Crippen molar-refractivity contribution in [2.24, 2.45) is 0 Å². The van der Waals surface area contributed by atoms with E-state index in [1.54, 1.807) is 0 Å². The lowest BCUT2D eigenvalue weighted by molar-refractivity contribution is -0.315. The molecule has 3 aromatic rings. The van der Waals surface area contributed by atoms with E-state index in [0.717, 1.165) is 16.7 Å². The predicted octanol–water partition coefficient (Wildman–Crippen LogP) is 3.45. The molecule has 0 aliphatic carbocycles. The quantitative estimate of drug-likeness (QED) is 0.493. The van der Waals surface area contributed by atoms with Crippen molar-refractivity contribution in [2.45, 2.75) is 50.5 Å². The first kappa shape index (κ1) is 23.6. The minimum atomic E-state index is -1.26. The van der Waals surface area contributed by atoms with Gasteiger partial charge in [-0.2, -0.15) is 0 Å². The summed E-state index contributed by atoms with van der Waals surface area (Å²) >= 11 is 0. The summed E-state index contributed by atoms with van der Waals surface area (Å²) in [6.07, 6.45) is -4.09. The van der Waals surface area contributed by atoms with Gasteiger partial charge in [0.15, 0.2) is 6.29 Å². The SMILES string of the molecule is OC[C@H]1OC(O)C(OCc2ccccc2)C(OCc2ccccc2)[C@@H]1OCc1ccccc1. The van der Waals surface area contributed by atoms with Crippen molar-refractivity contribution in [3.8, 4) is 0 Å². The summed E-state index contributed by atoms with van der Waals surface area (Å²) in [6, 6.07) is 29.3. The molecule has 3 unspecified atom stereocenters. The minimum absolute atomic E-state index is 0.284. The van der Waals surface area contributed by atoms with Gasteiger partial charge in [-0.3, -0.25) is 0 Å². The Bertz CT molecular complexity index is 937. The van der Waals surface area contributed by atoms with Gasteiger partial charge in [0.05, 0.1) is 26.4 Å². The highest BCUT2D eigenvalue weighted by Gasteiger charge is 2.47. The molecule has 6 nitrogen and oxygen atoms in total. The van der Waals surface area contributed by atoms with Crippen LogP contribution in [0, 0.1) is 0 Å².